The van der Waals surface area contributed by atoms with Crippen molar-refractivity contribution in [1.29, 1.82) is 0 Å². The highest BCUT2D eigenvalue weighted by Gasteiger charge is 2.23. The number of nitrogens with one attached hydrogen (secondary N) is 2. The minimum Gasteiger partial charge on any atom is -0.359 e. The smallest absolute Gasteiger partial charge is 0.222 e. The molecular weight excluding hydrogens is 140 g/mol. The van der Waals surface area contributed by atoms with Crippen molar-refractivity contribution in [2.24, 2.45) is 5.92 Å². The zero-order valence-corrected chi connectivity index (χ0v) is 7.18. The average molecular weight is 156 g/mol. The fraction of sp³-hybridized carbons (Fsp3) is 0.875. The Hall–Kier alpha value is -0.570. The van der Waals surface area contributed by atoms with Gasteiger partial charge in [-0.1, -0.05) is 0 Å². The van der Waals surface area contributed by atoms with Gasteiger partial charge in [0.05, 0.1) is 0 Å². The van der Waals surface area contributed by atoms with Gasteiger partial charge in [-0.2, -0.15) is 0 Å². The molecular formula is C8H16N2O. The number of rotatable bonds is 1. The van der Waals surface area contributed by atoms with Gasteiger partial charge in [0.15, 0.2) is 0 Å². The van der Waals surface area contributed by atoms with Crippen LogP contribution in [0.25, 0.3) is 0 Å². The molecule has 3 heteroatoms. The average Bonchev–Trinajstić information content (AvgIpc) is 2.03. The molecule has 0 unspecified atom stereocenters. The zero-order chi connectivity index (χ0) is 8.27. The normalized spacial score (nSPS) is 31.5. The molecule has 3 nitrogen and oxygen atoms in total. The highest BCUT2D eigenvalue weighted by atomic mass is 16.1. The lowest BCUT2D eigenvalue weighted by atomic mass is 9.93. The van der Waals surface area contributed by atoms with Crippen molar-refractivity contribution in [2.75, 3.05) is 13.6 Å². The van der Waals surface area contributed by atoms with Crippen LogP contribution in [0.3, 0.4) is 0 Å². The molecule has 0 aliphatic carbocycles. The molecule has 0 bridgehead atoms. The van der Waals surface area contributed by atoms with Gasteiger partial charge in [0.25, 0.3) is 0 Å². The van der Waals surface area contributed by atoms with Gasteiger partial charge in [-0.25, -0.2) is 0 Å². The maximum absolute atomic E-state index is 11.2. The summed E-state index contributed by atoms with van der Waals surface area (Å²) >= 11 is 0. The molecule has 1 amide bonds. The van der Waals surface area contributed by atoms with Crippen molar-refractivity contribution in [2.45, 2.75) is 25.8 Å². The van der Waals surface area contributed by atoms with E-state index >= 15 is 0 Å². The molecule has 1 saturated heterocycles. The van der Waals surface area contributed by atoms with Crippen LogP contribution < -0.4 is 10.6 Å². The molecule has 64 valence electrons. The van der Waals surface area contributed by atoms with Gasteiger partial charge < -0.3 is 10.6 Å². The summed E-state index contributed by atoms with van der Waals surface area (Å²) in [5.41, 5.74) is 0. The molecule has 1 aliphatic heterocycles. The van der Waals surface area contributed by atoms with E-state index < -0.39 is 0 Å². The van der Waals surface area contributed by atoms with Crippen molar-refractivity contribution < 1.29 is 4.79 Å². The van der Waals surface area contributed by atoms with Crippen LogP contribution in [-0.4, -0.2) is 25.5 Å². The number of carbonyl (C=O) groups excluding carboxylic acids is 1. The van der Waals surface area contributed by atoms with Crippen LogP contribution >= 0.6 is 0 Å². The molecule has 0 saturated carbocycles. The number of carbonyl (C=O) groups is 1. The highest BCUT2D eigenvalue weighted by molar-refractivity contribution is 5.78. The molecule has 1 aliphatic rings. The van der Waals surface area contributed by atoms with Crippen LogP contribution in [0.4, 0.5) is 0 Å². The maximum Gasteiger partial charge on any atom is 0.222 e. The van der Waals surface area contributed by atoms with E-state index in [1.807, 2.05) is 0 Å². The largest absolute Gasteiger partial charge is 0.359 e. The first-order valence-electron chi connectivity index (χ1n) is 4.19. The monoisotopic (exact) mass is 156 g/mol. The third kappa shape index (κ3) is 2.19. The van der Waals surface area contributed by atoms with E-state index in [4.69, 9.17) is 0 Å². The van der Waals surface area contributed by atoms with Gasteiger partial charge in [-0.3, -0.25) is 4.79 Å². The predicted octanol–water partition coefficient (Wildman–Crippen LogP) is 0.120. The van der Waals surface area contributed by atoms with Gasteiger partial charge in [-0.05, 0) is 26.3 Å². The van der Waals surface area contributed by atoms with Gasteiger partial charge in [0.1, 0.15) is 0 Å². The van der Waals surface area contributed by atoms with Crippen LogP contribution in [0.15, 0.2) is 0 Å². The van der Waals surface area contributed by atoms with Crippen LogP contribution in [0.2, 0.25) is 0 Å². The Morgan fingerprint density at radius 2 is 2.36 bits per heavy atom. The second-order valence-corrected chi connectivity index (χ2v) is 3.19. The maximum atomic E-state index is 11.2. The third-order valence-electron chi connectivity index (χ3n) is 2.24. The molecule has 0 aromatic rings. The molecule has 0 aromatic carbocycles. The first-order valence-corrected chi connectivity index (χ1v) is 4.19. The molecule has 2 N–H and O–H groups in total. The minimum absolute atomic E-state index is 0.193. The summed E-state index contributed by atoms with van der Waals surface area (Å²) < 4.78 is 0. The Balaban J connectivity index is 2.39. The van der Waals surface area contributed by atoms with E-state index in [-0.39, 0.29) is 11.8 Å². The van der Waals surface area contributed by atoms with Crippen molar-refractivity contribution in [1.82, 2.24) is 10.6 Å². The summed E-state index contributed by atoms with van der Waals surface area (Å²) in [7, 11) is 1.70. The molecule has 1 heterocycles. The lowest BCUT2D eigenvalue weighted by molar-refractivity contribution is -0.125. The Kier molecular flexibility index (Phi) is 2.88. The fourth-order valence-electron chi connectivity index (χ4n) is 1.57. The molecule has 1 fully saturated rings. The van der Waals surface area contributed by atoms with E-state index in [1.54, 1.807) is 7.05 Å². The summed E-state index contributed by atoms with van der Waals surface area (Å²) in [6.45, 7) is 3.09. The van der Waals surface area contributed by atoms with E-state index in [0.717, 1.165) is 19.4 Å². The van der Waals surface area contributed by atoms with E-state index in [0.29, 0.717) is 6.04 Å². The first-order chi connectivity index (χ1) is 5.24. The number of amides is 1. The quantitative estimate of drug-likeness (QED) is 0.566. The first kappa shape index (κ1) is 8.53. The summed E-state index contributed by atoms with van der Waals surface area (Å²) in [5, 5.41) is 6.00. The van der Waals surface area contributed by atoms with Crippen LogP contribution in [0.5, 0.6) is 0 Å². The lowest BCUT2D eigenvalue weighted by Crippen LogP contribution is -2.41. The fourth-order valence-corrected chi connectivity index (χ4v) is 1.57. The third-order valence-corrected chi connectivity index (χ3v) is 2.24. The SMILES string of the molecule is CNC(=O)[C@@H]1CCN[C@H](C)C1. The Morgan fingerprint density at radius 3 is 2.91 bits per heavy atom. The Labute approximate surface area is 67.5 Å². The molecule has 0 spiro atoms. The molecule has 0 radical (unpaired) electrons. The van der Waals surface area contributed by atoms with Crippen molar-refractivity contribution >= 4 is 5.91 Å². The topological polar surface area (TPSA) is 41.1 Å². The van der Waals surface area contributed by atoms with E-state index in [1.165, 1.54) is 0 Å². The summed E-state index contributed by atoms with van der Waals surface area (Å²) in [6, 6.07) is 0.492. The summed E-state index contributed by atoms with van der Waals surface area (Å²) in [6.07, 6.45) is 1.95. The molecule has 11 heavy (non-hydrogen) atoms. The highest BCUT2D eigenvalue weighted by Crippen LogP contribution is 2.15. The Bertz CT molecular complexity index is 147. The molecule has 2 atom stereocenters. The molecule has 0 aromatic heterocycles. The van der Waals surface area contributed by atoms with E-state index in [9.17, 15) is 4.79 Å². The van der Waals surface area contributed by atoms with Gasteiger partial charge in [-0.15, -0.1) is 0 Å². The second-order valence-electron chi connectivity index (χ2n) is 3.19. The Morgan fingerprint density at radius 1 is 1.64 bits per heavy atom. The van der Waals surface area contributed by atoms with Gasteiger partial charge in [0, 0.05) is 19.0 Å². The minimum atomic E-state index is 0.193. The second kappa shape index (κ2) is 3.72. The van der Waals surface area contributed by atoms with Crippen LogP contribution in [0.1, 0.15) is 19.8 Å². The van der Waals surface area contributed by atoms with Gasteiger partial charge in [0.2, 0.25) is 5.91 Å². The lowest BCUT2D eigenvalue weighted by Gasteiger charge is -2.26. The number of piperidine rings is 1. The van der Waals surface area contributed by atoms with Crippen molar-refractivity contribution in [3.8, 4) is 0 Å². The van der Waals surface area contributed by atoms with Gasteiger partial charge >= 0.3 is 0 Å². The van der Waals surface area contributed by atoms with Crippen LogP contribution in [-0.2, 0) is 4.79 Å². The van der Waals surface area contributed by atoms with Crippen molar-refractivity contribution in [3.63, 3.8) is 0 Å². The zero-order valence-electron chi connectivity index (χ0n) is 7.18. The summed E-state index contributed by atoms with van der Waals surface area (Å²) in [4.78, 5) is 11.2. The molecule has 1 rings (SSSR count). The predicted molar refractivity (Wildman–Crippen MR) is 44.3 cm³/mol. The number of hydrogen-bond acceptors (Lipinski definition) is 2. The van der Waals surface area contributed by atoms with E-state index in [2.05, 4.69) is 17.6 Å². The van der Waals surface area contributed by atoms with Crippen molar-refractivity contribution in [3.05, 3.63) is 0 Å². The summed E-state index contributed by atoms with van der Waals surface area (Å²) in [5.74, 6) is 0.426. The van der Waals surface area contributed by atoms with Crippen LogP contribution in [0, 0.1) is 5.92 Å². The number of hydrogen-bond donors (Lipinski definition) is 2. The standard InChI is InChI=1S/C8H16N2O/c1-6-5-7(3-4-10-6)8(11)9-2/h6-7,10H,3-5H2,1-2H3,(H,9,11)/t6-,7-/m1/s1.